The minimum atomic E-state index is 0.114. The first-order valence-electron chi connectivity index (χ1n) is 8.60. The molecule has 2 aromatic heterocycles. The van der Waals surface area contributed by atoms with E-state index in [0.29, 0.717) is 6.61 Å². The van der Waals surface area contributed by atoms with E-state index in [2.05, 4.69) is 26.7 Å². The molecule has 2 aliphatic rings. The van der Waals surface area contributed by atoms with Gasteiger partial charge in [0.05, 0.1) is 30.5 Å². The van der Waals surface area contributed by atoms with Gasteiger partial charge in [-0.1, -0.05) is 0 Å². The highest BCUT2D eigenvalue weighted by atomic mass is 32.1. The zero-order valence-electron chi connectivity index (χ0n) is 14.0. The Kier molecular flexibility index (Phi) is 4.73. The molecular weight excluding hydrogens is 322 g/mol. The standard InChI is InChI=1S/C17H23N5OS/c1-13-15(24-12-19-13)10-22-8-9-23-11-14(22)17-18-5-4-16(20-17)21-6-2-3-7-21/h4-5,12,14H,2-3,6-11H2,1H3. The van der Waals surface area contributed by atoms with Gasteiger partial charge in [0.25, 0.3) is 0 Å². The molecule has 0 saturated carbocycles. The summed E-state index contributed by atoms with van der Waals surface area (Å²) in [4.78, 5) is 19.9. The van der Waals surface area contributed by atoms with Crippen molar-refractivity contribution in [3.8, 4) is 0 Å². The van der Waals surface area contributed by atoms with Crippen LogP contribution in [0.2, 0.25) is 0 Å². The van der Waals surface area contributed by atoms with Crippen molar-refractivity contribution in [2.45, 2.75) is 32.4 Å². The highest BCUT2D eigenvalue weighted by molar-refractivity contribution is 7.09. The molecule has 1 atom stereocenters. The molecule has 128 valence electrons. The van der Waals surface area contributed by atoms with E-state index in [4.69, 9.17) is 9.72 Å². The average Bonchev–Trinajstić information content (AvgIpc) is 3.28. The van der Waals surface area contributed by atoms with Crippen molar-refractivity contribution in [1.29, 1.82) is 0 Å². The lowest BCUT2D eigenvalue weighted by Crippen LogP contribution is -2.40. The van der Waals surface area contributed by atoms with E-state index in [0.717, 1.165) is 50.1 Å². The molecule has 0 N–H and O–H groups in total. The quantitative estimate of drug-likeness (QED) is 0.848. The highest BCUT2D eigenvalue weighted by Crippen LogP contribution is 2.27. The van der Waals surface area contributed by atoms with Crippen molar-refractivity contribution in [3.05, 3.63) is 34.2 Å². The molecule has 7 heteroatoms. The monoisotopic (exact) mass is 345 g/mol. The summed E-state index contributed by atoms with van der Waals surface area (Å²) in [6.07, 6.45) is 4.39. The third-order valence-electron chi connectivity index (χ3n) is 4.82. The van der Waals surface area contributed by atoms with Crippen LogP contribution in [0.1, 0.15) is 35.3 Å². The van der Waals surface area contributed by atoms with Crippen molar-refractivity contribution in [1.82, 2.24) is 19.9 Å². The normalized spacial score (nSPS) is 22.2. The van der Waals surface area contributed by atoms with Gasteiger partial charge in [-0.3, -0.25) is 4.90 Å². The molecule has 24 heavy (non-hydrogen) atoms. The maximum absolute atomic E-state index is 5.73. The summed E-state index contributed by atoms with van der Waals surface area (Å²) in [6.45, 7) is 7.48. The van der Waals surface area contributed by atoms with Crippen molar-refractivity contribution >= 4 is 17.2 Å². The van der Waals surface area contributed by atoms with Crippen LogP contribution in [0.4, 0.5) is 5.82 Å². The fourth-order valence-electron chi connectivity index (χ4n) is 3.37. The topological polar surface area (TPSA) is 54.4 Å². The molecule has 2 aromatic rings. The second kappa shape index (κ2) is 7.13. The average molecular weight is 345 g/mol. The molecule has 4 heterocycles. The lowest BCUT2D eigenvalue weighted by Gasteiger charge is -2.34. The number of ether oxygens (including phenoxy) is 1. The summed E-state index contributed by atoms with van der Waals surface area (Å²) in [5.41, 5.74) is 3.04. The van der Waals surface area contributed by atoms with E-state index < -0.39 is 0 Å². The first kappa shape index (κ1) is 15.9. The third kappa shape index (κ3) is 3.29. The number of aryl methyl sites for hydroxylation is 1. The van der Waals surface area contributed by atoms with Gasteiger partial charge in [-0.15, -0.1) is 11.3 Å². The van der Waals surface area contributed by atoms with Crippen LogP contribution in [-0.2, 0) is 11.3 Å². The summed E-state index contributed by atoms with van der Waals surface area (Å²) in [5, 5.41) is 0. The van der Waals surface area contributed by atoms with Crippen molar-refractivity contribution < 1.29 is 4.74 Å². The minimum Gasteiger partial charge on any atom is -0.378 e. The van der Waals surface area contributed by atoms with Crippen LogP contribution in [0, 0.1) is 6.92 Å². The smallest absolute Gasteiger partial charge is 0.150 e. The number of hydrogen-bond acceptors (Lipinski definition) is 7. The number of thiazole rings is 1. The van der Waals surface area contributed by atoms with E-state index >= 15 is 0 Å². The van der Waals surface area contributed by atoms with Gasteiger partial charge in [0.15, 0.2) is 0 Å². The Bertz CT molecular complexity index is 685. The molecular formula is C17H23N5OS. The number of morpholine rings is 1. The second-order valence-electron chi connectivity index (χ2n) is 6.39. The van der Waals surface area contributed by atoms with Gasteiger partial charge in [-0.05, 0) is 25.8 Å². The van der Waals surface area contributed by atoms with Crippen LogP contribution in [-0.4, -0.2) is 52.7 Å². The molecule has 0 radical (unpaired) electrons. The summed E-state index contributed by atoms with van der Waals surface area (Å²) < 4.78 is 5.73. The van der Waals surface area contributed by atoms with Gasteiger partial charge in [0.2, 0.25) is 0 Å². The van der Waals surface area contributed by atoms with Gasteiger partial charge in [0.1, 0.15) is 11.6 Å². The summed E-state index contributed by atoms with van der Waals surface area (Å²) in [5.74, 6) is 1.93. The number of anilines is 1. The molecule has 0 amide bonds. The molecule has 0 spiro atoms. The lowest BCUT2D eigenvalue weighted by molar-refractivity contribution is -0.0155. The predicted octanol–water partition coefficient (Wildman–Crippen LogP) is 2.42. The van der Waals surface area contributed by atoms with Gasteiger partial charge in [-0.25, -0.2) is 15.0 Å². The Morgan fingerprint density at radius 3 is 2.92 bits per heavy atom. The fourth-order valence-corrected chi connectivity index (χ4v) is 4.18. The van der Waals surface area contributed by atoms with Gasteiger partial charge >= 0.3 is 0 Å². The number of rotatable bonds is 4. The Morgan fingerprint density at radius 2 is 2.12 bits per heavy atom. The zero-order chi connectivity index (χ0) is 16.4. The van der Waals surface area contributed by atoms with E-state index in [1.165, 1.54) is 17.7 Å². The van der Waals surface area contributed by atoms with Crippen molar-refractivity contribution in [2.75, 3.05) is 37.7 Å². The van der Waals surface area contributed by atoms with Crippen LogP contribution in [0.15, 0.2) is 17.8 Å². The van der Waals surface area contributed by atoms with Gasteiger partial charge in [-0.2, -0.15) is 0 Å². The highest BCUT2D eigenvalue weighted by Gasteiger charge is 2.28. The van der Waals surface area contributed by atoms with Gasteiger partial charge in [0, 0.05) is 37.3 Å². The third-order valence-corrected chi connectivity index (χ3v) is 5.74. The molecule has 6 nitrogen and oxygen atoms in total. The van der Waals surface area contributed by atoms with Crippen LogP contribution >= 0.6 is 11.3 Å². The second-order valence-corrected chi connectivity index (χ2v) is 7.33. The fraction of sp³-hybridized carbons (Fsp3) is 0.588. The molecule has 1 unspecified atom stereocenters. The number of nitrogens with zero attached hydrogens (tertiary/aromatic N) is 5. The molecule has 0 aliphatic carbocycles. The van der Waals surface area contributed by atoms with Crippen molar-refractivity contribution in [2.24, 2.45) is 0 Å². The number of hydrogen-bond donors (Lipinski definition) is 0. The van der Waals surface area contributed by atoms with E-state index in [-0.39, 0.29) is 6.04 Å². The Morgan fingerprint density at radius 1 is 1.25 bits per heavy atom. The maximum atomic E-state index is 5.73. The summed E-state index contributed by atoms with van der Waals surface area (Å²) in [7, 11) is 0. The minimum absolute atomic E-state index is 0.114. The SMILES string of the molecule is Cc1ncsc1CN1CCOCC1c1nccc(N2CCCC2)n1. The Hall–Kier alpha value is -1.57. The summed E-state index contributed by atoms with van der Waals surface area (Å²) >= 11 is 1.72. The largest absolute Gasteiger partial charge is 0.378 e. The first-order chi connectivity index (χ1) is 11.8. The van der Waals surface area contributed by atoms with Crippen molar-refractivity contribution in [3.63, 3.8) is 0 Å². The van der Waals surface area contributed by atoms with E-state index in [9.17, 15) is 0 Å². The maximum Gasteiger partial charge on any atom is 0.150 e. The summed E-state index contributed by atoms with van der Waals surface area (Å²) in [6, 6.07) is 2.14. The molecule has 2 aliphatic heterocycles. The molecule has 0 aromatic carbocycles. The molecule has 2 saturated heterocycles. The molecule has 0 bridgehead atoms. The van der Waals surface area contributed by atoms with Crippen LogP contribution in [0.25, 0.3) is 0 Å². The zero-order valence-corrected chi connectivity index (χ0v) is 14.8. The first-order valence-corrected chi connectivity index (χ1v) is 9.48. The van der Waals surface area contributed by atoms with E-state index in [1.807, 2.05) is 17.8 Å². The van der Waals surface area contributed by atoms with Crippen LogP contribution < -0.4 is 4.90 Å². The molecule has 4 rings (SSSR count). The van der Waals surface area contributed by atoms with Crippen LogP contribution in [0.5, 0.6) is 0 Å². The van der Waals surface area contributed by atoms with E-state index in [1.54, 1.807) is 11.3 Å². The Labute approximate surface area is 146 Å². The van der Waals surface area contributed by atoms with Gasteiger partial charge < -0.3 is 9.64 Å². The number of aromatic nitrogens is 3. The van der Waals surface area contributed by atoms with Crippen LogP contribution in [0.3, 0.4) is 0 Å². The Balaban J connectivity index is 1.56. The predicted molar refractivity (Wildman–Crippen MR) is 94.3 cm³/mol. The molecule has 2 fully saturated rings. The lowest BCUT2D eigenvalue weighted by atomic mass is 10.2.